The van der Waals surface area contributed by atoms with Crippen LogP contribution in [0.4, 0.5) is 0 Å². The molecule has 1 aliphatic heterocycles. The maximum atomic E-state index is 5.86. The number of halogens is 1. The second-order valence-electron chi connectivity index (χ2n) is 4.02. The summed E-state index contributed by atoms with van der Waals surface area (Å²) in [5.74, 6) is 1.04. The molecule has 1 aromatic rings. The van der Waals surface area contributed by atoms with Crippen molar-refractivity contribution >= 4 is 15.9 Å². The van der Waals surface area contributed by atoms with E-state index in [1.807, 2.05) is 0 Å². The minimum atomic E-state index is 0.445. The lowest BCUT2D eigenvalue weighted by Crippen LogP contribution is -2.21. The maximum absolute atomic E-state index is 5.86. The molecule has 1 aromatic carbocycles. The van der Waals surface area contributed by atoms with Gasteiger partial charge in [0.1, 0.15) is 0 Å². The lowest BCUT2D eigenvalue weighted by molar-refractivity contribution is 0.181. The van der Waals surface area contributed by atoms with Crippen LogP contribution in [0.3, 0.4) is 0 Å². The van der Waals surface area contributed by atoms with Crippen LogP contribution in [0.25, 0.3) is 0 Å². The molecule has 0 spiro atoms. The fourth-order valence-electron chi connectivity index (χ4n) is 2.18. The Balaban J connectivity index is 2.14. The highest BCUT2D eigenvalue weighted by molar-refractivity contribution is 9.10. The quantitative estimate of drug-likeness (QED) is 0.916. The van der Waals surface area contributed by atoms with Crippen molar-refractivity contribution in [1.82, 2.24) is 0 Å². The number of hydrogen-bond acceptors (Lipinski definition) is 2. The van der Waals surface area contributed by atoms with Crippen LogP contribution in [0, 0.1) is 5.92 Å². The van der Waals surface area contributed by atoms with E-state index >= 15 is 0 Å². The van der Waals surface area contributed by atoms with Crippen molar-refractivity contribution in [3.8, 4) is 0 Å². The number of ether oxygens (including phenoxy) is 1. The molecule has 82 valence electrons. The van der Waals surface area contributed by atoms with Crippen molar-refractivity contribution in [3.63, 3.8) is 0 Å². The Hall–Kier alpha value is -0.380. The molecule has 2 atom stereocenters. The monoisotopic (exact) mass is 269 g/mol. The highest BCUT2D eigenvalue weighted by Gasteiger charge is 2.25. The second kappa shape index (κ2) is 5.10. The van der Waals surface area contributed by atoms with E-state index in [9.17, 15) is 0 Å². The van der Waals surface area contributed by atoms with E-state index in [4.69, 9.17) is 10.5 Å². The fourth-order valence-corrected chi connectivity index (χ4v) is 2.45. The molecule has 1 fully saturated rings. The Kier molecular flexibility index (Phi) is 3.78. The Labute approximate surface area is 98.9 Å². The largest absolute Gasteiger partial charge is 0.381 e. The van der Waals surface area contributed by atoms with Crippen molar-refractivity contribution in [2.24, 2.45) is 11.7 Å². The van der Waals surface area contributed by atoms with Gasteiger partial charge >= 0.3 is 0 Å². The van der Waals surface area contributed by atoms with Gasteiger partial charge in [0, 0.05) is 17.0 Å². The predicted octanol–water partition coefficient (Wildman–Crippen LogP) is 2.53. The van der Waals surface area contributed by atoms with Gasteiger partial charge in [-0.2, -0.15) is 0 Å². The van der Waals surface area contributed by atoms with E-state index in [0.717, 1.165) is 24.1 Å². The maximum Gasteiger partial charge on any atom is 0.0501 e. The molecule has 1 aliphatic rings. The summed E-state index contributed by atoms with van der Waals surface area (Å²) in [5, 5.41) is 0. The molecule has 2 unspecified atom stereocenters. The highest BCUT2D eigenvalue weighted by atomic mass is 79.9. The summed E-state index contributed by atoms with van der Waals surface area (Å²) in [5.41, 5.74) is 7.19. The molecule has 15 heavy (non-hydrogen) atoms. The van der Waals surface area contributed by atoms with E-state index in [1.54, 1.807) is 0 Å². The molecule has 0 aromatic heterocycles. The smallest absolute Gasteiger partial charge is 0.0501 e. The van der Waals surface area contributed by atoms with Gasteiger partial charge in [0.15, 0.2) is 0 Å². The van der Waals surface area contributed by atoms with Crippen LogP contribution in [-0.2, 0) is 4.74 Å². The zero-order valence-electron chi connectivity index (χ0n) is 8.66. The molecular weight excluding hydrogens is 254 g/mol. The van der Waals surface area contributed by atoms with Crippen molar-refractivity contribution in [3.05, 3.63) is 34.3 Å². The first-order valence-electron chi connectivity index (χ1n) is 5.34. The topological polar surface area (TPSA) is 35.2 Å². The predicted molar refractivity (Wildman–Crippen MR) is 64.9 cm³/mol. The third-order valence-electron chi connectivity index (χ3n) is 3.09. The molecule has 0 aliphatic carbocycles. The van der Waals surface area contributed by atoms with E-state index in [2.05, 4.69) is 40.2 Å². The molecule has 3 heteroatoms. The second-order valence-corrected chi connectivity index (χ2v) is 4.93. The lowest BCUT2D eigenvalue weighted by atomic mass is 9.86. The van der Waals surface area contributed by atoms with Crippen LogP contribution in [0.2, 0.25) is 0 Å². The minimum Gasteiger partial charge on any atom is -0.381 e. The zero-order chi connectivity index (χ0) is 10.7. The standard InChI is InChI=1S/C12H16BrNO/c13-11-3-1-9(2-4-11)12(7-14)10-5-6-15-8-10/h1-4,10,12H,5-8,14H2. The Morgan fingerprint density at radius 3 is 2.67 bits per heavy atom. The normalized spacial score (nSPS) is 22.9. The van der Waals surface area contributed by atoms with Crippen molar-refractivity contribution < 1.29 is 4.74 Å². The van der Waals surface area contributed by atoms with Crippen molar-refractivity contribution in [2.45, 2.75) is 12.3 Å². The molecule has 1 saturated heterocycles. The van der Waals surface area contributed by atoms with Crippen LogP contribution in [-0.4, -0.2) is 19.8 Å². The molecule has 1 heterocycles. The summed E-state index contributed by atoms with van der Waals surface area (Å²) in [6.07, 6.45) is 1.14. The van der Waals surface area contributed by atoms with Crippen molar-refractivity contribution in [2.75, 3.05) is 19.8 Å². The Morgan fingerprint density at radius 1 is 1.40 bits per heavy atom. The van der Waals surface area contributed by atoms with Gasteiger partial charge in [-0.3, -0.25) is 0 Å². The van der Waals surface area contributed by atoms with Crippen LogP contribution in [0.5, 0.6) is 0 Å². The number of benzene rings is 1. The first-order chi connectivity index (χ1) is 7.31. The number of hydrogen-bond donors (Lipinski definition) is 1. The van der Waals surface area contributed by atoms with Crippen LogP contribution < -0.4 is 5.73 Å². The van der Waals surface area contributed by atoms with Crippen LogP contribution in [0.15, 0.2) is 28.7 Å². The fraction of sp³-hybridized carbons (Fsp3) is 0.500. The molecule has 0 radical (unpaired) electrons. The Bertz CT molecular complexity index is 306. The molecule has 2 nitrogen and oxygen atoms in total. The SMILES string of the molecule is NCC(c1ccc(Br)cc1)C1CCOC1. The first kappa shape index (κ1) is 11.1. The molecule has 0 bridgehead atoms. The van der Waals surface area contributed by atoms with Gasteiger partial charge in [-0.1, -0.05) is 28.1 Å². The lowest BCUT2D eigenvalue weighted by Gasteiger charge is -2.21. The molecule has 2 N–H and O–H groups in total. The average Bonchev–Trinajstić information content (AvgIpc) is 2.75. The molecule has 2 rings (SSSR count). The molecular formula is C12H16BrNO. The minimum absolute atomic E-state index is 0.445. The highest BCUT2D eigenvalue weighted by Crippen LogP contribution is 2.30. The third kappa shape index (κ3) is 2.60. The van der Waals surface area contributed by atoms with Gasteiger partial charge in [0.2, 0.25) is 0 Å². The van der Waals surface area contributed by atoms with E-state index in [0.29, 0.717) is 18.4 Å². The summed E-state index contributed by atoms with van der Waals surface area (Å²) < 4.78 is 6.54. The first-order valence-corrected chi connectivity index (χ1v) is 6.14. The van der Waals surface area contributed by atoms with Crippen LogP contribution in [0.1, 0.15) is 17.9 Å². The summed E-state index contributed by atoms with van der Waals surface area (Å²) in [6, 6.07) is 8.46. The van der Waals surface area contributed by atoms with E-state index in [-0.39, 0.29) is 0 Å². The van der Waals surface area contributed by atoms with Crippen molar-refractivity contribution in [1.29, 1.82) is 0 Å². The summed E-state index contributed by atoms with van der Waals surface area (Å²) >= 11 is 3.44. The van der Waals surface area contributed by atoms with Gasteiger partial charge in [-0.15, -0.1) is 0 Å². The van der Waals surface area contributed by atoms with Gasteiger partial charge < -0.3 is 10.5 Å². The van der Waals surface area contributed by atoms with E-state index < -0.39 is 0 Å². The molecule has 0 amide bonds. The zero-order valence-corrected chi connectivity index (χ0v) is 10.2. The summed E-state index contributed by atoms with van der Waals surface area (Å²) in [7, 11) is 0. The van der Waals surface area contributed by atoms with Gasteiger partial charge in [0.25, 0.3) is 0 Å². The van der Waals surface area contributed by atoms with Crippen LogP contribution >= 0.6 is 15.9 Å². The number of rotatable bonds is 3. The average molecular weight is 270 g/mol. The van der Waals surface area contributed by atoms with Gasteiger partial charge in [-0.25, -0.2) is 0 Å². The molecule has 0 saturated carbocycles. The number of nitrogens with two attached hydrogens (primary N) is 1. The van der Waals surface area contributed by atoms with Gasteiger partial charge in [-0.05, 0) is 36.6 Å². The Morgan fingerprint density at radius 2 is 2.13 bits per heavy atom. The van der Waals surface area contributed by atoms with Gasteiger partial charge in [0.05, 0.1) is 6.61 Å². The third-order valence-corrected chi connectivity index (χ3v) is 3.61. The summed E-state index contributed by atoms with van der Waals surface area (Å²) in [4.78, 5) is 0. The van der Waals surface area contributed by atoms with E-state index in [1.165, 1.54) is 5.56 Å². The summed E-state index contributed by atoms with van der Waals surface area (Å²) in [6.45, 7) is 2.45.